The second kappa shape index (κ2) is 5.32. The van der Waals surface area contributed by atoms with Crippen LogP contribution in [0, 0.1) is 0 Å². The number of fused-ring (bicyclic) bond motifs is 1. The highest BCUT2D eigenvalue weighted by Crippen LogP contribution is 2.27. The van der Waals surface area contributed by atoms with E-state index in [1.807, 2.05) is 36.5 Å². The Morgan fingerprint density at radius 2 is 1.68 bits per heavy atom. The van der Waals surface area contributed by atoms with Crippen LogP contribution in [0.4, 0.5) is 0 Å². The molecule has 0 fully saturated rings. The number of hydrogen-bond donors (Lipinski definition) is 0. The quantitative estimate of drug-likeness (QED) is 0.488. The van der Waals surface area contributed by atoms with Crippen molar-refractivity contribution in [2.75, 3.05) is 0 Å². The molecular weight excluding hydrogens is 292 g/mol. The molecule has 4 rings (SSSR count). The molecule has 2 heterocycles. The van der Waals surface area contributed by atoms with Gasteiger partial charge in [0.25, 0.3) is 0 Å². The summed E-state index contributed by atoms with van der Waals surface area (Å²) in [6.07, 6.45) is 5.73. The second-order valence-electron chi connectivity index (χ2n) is 5.18. The number of aromatic nitrogens is 2. The van der Waals surface area contributed by atoms with Crippen LogP contribution in [0.1, 0.15) is 0 Å². The Morgan fingerprint density at radius 1 is 0.864 bits per heavy atom. The summed E-state index contributed by atoms with van der Waals surface area (Å²) in [6, 6.07) is 20.5. The maximum absolute atomic E-state index is 5.96. The van der Waals surface area contributed by atoms with Gasteiger partial charge in [0.1, 0.15) is 0 Å². The van der Waals surface area contributed by atoms with Crippen molar-refractivity contribution in [3.63, 3.8) is 0 Å². The standard InChI is InChI=1S/C19H13ClN2/c20-17-6-3-14(4-7-17)15-5-8-19-16(12-15)9-11-22(19)18-2-1-10-21-13-18/h1-13H. The summed E-state index contributed by atoms with van der Waals surface area (Å²) in [5.74, 6) is 0. The van der Waals surface area contributed by atoms with E-state index in [2.05, 4.69) is 46.1 Å². The van der Waals surface area contributed by atoms with Crippen LogP contribution in [0.2, 0.25) is 5.02 Å². The highest BCUT2D eigenvalue weighted by atomic mass is 35.5. The predicted octanol–water partition coefficient (Wildman–Crippen LogP) is 5.35. The molecule has 2 aromatic heterocycles. The molecular formula is C19H13ClN2. The van der Waals surface area contributed by atoms with Crippen LogP contribution >= 0.6 is 11.6 Å². The van der Waals surface area contributed by atoms with Gasteiger partial charge < -0.3 is 4.57 Å². The molecule has 0 aliphatic carbocycles. The van der Waals surface area contributed by atoms with E-state index in [9.17, 15) is 0 Å². The minimum absolute atomic E-state index is 0.757. The molecule has 0 saturated heterocycles. The lowest BCUT2D eigenvalue weighted by Crippen LogP contribution is -1.91. The fraction of sp³-hybridized carbons (Fsp3) is 0. The number of rotatable bonds is 2. The van der Waals surface area contributed by atoms with E-state index >= 15 is 0 Å². The van der Waals surface area contributed by atoms with Crippen molar-refractivity contribution in [3.8, 4) is 16.8 Å². The van der Waals surface area contributed by atoms with Gasteiger partial charge in [0.2, 0.25) is 0 Å². The second-order valence-corrected chi connectivity index (χ2v) is 5.61. The third kappa shape index (κ3) is 2.28. The first kappa shape index (κ1) is 13.1. The number of halogens is 1. The zero-order valence-electron chi connectivity index (χ0n) is 11.8. The van der Waals surface area contributed by atoms with Gasteiger partial charge in [-0.2, -0.15) is 0 Å². The summed E-state index contributed by atoms with van der Waals surface area (Å²) in [5.41, 5.74) is 4.59. The first-order chi connectivity index (χ1) is 10.8. The van der Waals surface area contributed by atoms with Gasteiger partial charge in [-0.05, 0) is 53.6 Å². The van der Waals surface area contributed by atoms with Gasteiger partial charge in [-0.15, -0.1) is 0 Å². The van der Waals surface area contributed by atoms with E-state index in [1.165, 1.54) is 22.0 Å². The Kier molecular flexibility index (Phi) is 3.17. The molecule has 0 N–H and O–H groups in total. The van der Waals surface area contributed by atoms with E-state index < -0.39 is 0 Å². The lowest BCUT2D eigenvalue weighted by atomic mass is 10.0. The SMILES string of the molecule is Clc1ccc(-c2ccc3c(ccn3-c3cccnc3)c2)cc1. The van der Waals surface area contributed by atoms with Crippen molar-refractivity contribution in [2.24, 2.45) is 0 Å². The van der Waals surface area contributed by atoms with E-state index in [0.717, 1.165) is 10.7 Å². The van der Waals surface area contributed by atoms with Crippen LogP contribution in [0.3, 0.4) is 0 Å². The topological polar surface area (TPSA) is 17.8 Å². The smallest absolute Gasteiger partial charge is 0.0639 e. The number of benzene rings is 2. The third-order valence-electron chi connectivity index (χ3n) is 3.79. The van der Waals surface area contributed by atoms with Crippen molar-refractivity contribution in [3.05, 3.63) is 84.3 Å². The average molecular weight is 305 g/mol. The van der Waals surface area contributed by atoms with E-state index in [-0.39, 0.29) is 0 Å². The summed E-state index contributed by atoms with van der Waals surface area (Å²) in [7, 11) is 0. The molecule has 0 spiro atoms. The zero-order valence-corrected chi connectivity index (χ0v) is 12.5. The van der Waals surface area contributed by atoms with Crippen LogP contribution in [-0.4, -0.2) is 9.55 Å². The van der Waals surface area contributed by atoms with Gasteiger partial charge in [0.15, 0.2) is 0 Å². The molecule has 2 aromatic carbocycles. The Balaban J connectivity index is 1.82. The number of pyridine rings is 1. The van der Waals surface area contributed by atoms with E-state index in [0.29, 0.717) is 0 Å². The Morgan fingerprint density at radius 3 is 2.45 bits per heavy atom. The normalized spacial score (nSPS) is 11.0. The molecule has 0 radical (unpaired) electrons. The van der Waals surface area contributed by atoms with Crippen LogP contribution in [0.5, 0.6) is 0 Å². The highest BCUT2D eigenvalue weighted by Gasteiger charge is 2.05. The fourth-order valence-corrected chi connectivity index (χ4v) is 2.81. The summed E-state index contributed by atoms with van der Waals surface area (Å²) in [5, 5.41) is 1.96. The molecule has 0 bridgehead atoms. The maximum Gasteiger partial charge on any atom is 0.0639 e. The summed E-state index contributed by atoms with van der Waals surface area (Å²) in [4.78, 5) is 4.19. The van der Waals surface area contributed by atoms with Crippen LogP contribution in [0.15, 0.2) is 79.3 Å². The van der Waals surface area contributed by atoms with Crippen molar-refractivity contribution in [2.45, 2.75) is 0 Å². The third-order valence-corrected chi connectivity index (χ3v) is 4.04. The molecule has 0 amide bonds. The van der Waals surface area contributed by atoms with Crippen LogP contribution in [-0.2, 0) is 0 Å². The zero-order chi connectivity index (χ0) is 14.9. The van der Waals surface area contributed by atoms with Gasteiger partial charge >= 0.3 is 0 Å². The predicted molar refractivity (Wildman–Crippen MR) is 91.5 cm³/mol. The van der Waals surface area contributed by atoms with Crippen molar-refractivity contribution < 1.29 is 0 Å². The van der Waals surface area contributed by atoms with Gasteiger partial charge in [0, 0.05) is 22.8 Å². The average Bonchev–Trinajstić information content (AvgIpc) is 2.99. The molecule has 3 heteroatoms. The van der Waals surface area contributed by atoms with Crippen LogP contribution in [0.25, 0.3) is 27.7 Å². The summed E-state index contributed by atoms with van der Waals surface area (Å²) >= 11 is 5.96. The molecule has 0 aliphatic rings. The lowest BCUT2D eigenvalue weighted by molar-refractivity contribution is 1.10. The minimum atomic E-state index is 0.757. The number of nitrogens with zero attached hydrogens (tertiary/aromatic N) is 2. The van der Waals surface area contributed by atoms with Gasteiger partial charge in [-0.25, -0.2) is 0 Å². The molecule has 0 atom stereocenters. The molecule has 4 aromatic rings. The lowest BCUT2D eigenvalue weighted by Gasteiger charge is -2.06. The number of hydrogen-bond acceptors (Lipinski definition) is 1. The van der Waals surface area contributed by atoms with Crippen molar-refractivity contribution >= 4 is 22.5 Å². The van der Waals surface area contributed by atoms with E-state index in [4.69, 9.17) is 11.6 Å². The van der Waals surface area contributed by atoms with Crippen molar-refractivity contribution in [1.29, 1.82) is 0 Å². The van der Waals surface area contributed by atoms with Crippen molar-refractivity contribution in [1.82, 2.24) is 9.55 Å². The molecule has 2 nitrogen and oxygen atoms in total. The first-order valence-electron chi connectivity index (χ1n) is 7.09. The molecule has 106 valence electrons. The minimum Gasteiger partial charge on any atom is -0.315 e. The fourth-order valence-electron chi connectivity index (χ4n) is 2.69. The highest BCUT2D eigenvalue weighted by molar-refractivity contribution is 6.30. The maximum atomic E-state index is 5.96. The van der Waals surface area contributed by atoms with Gasteiger partial charge in [-0.1, -0.05) is 29.8 Å². The summed E-state index contributed by atoms with van der Waals surface area (Å²) in [6.45, 7) is 0. The Labute approximate surface area is 133 Å². The van der Waals surface area contributed by atoms with Gasteiger partial charge in [-0.3, -0.25) is 4.98 Å². The Bertz CT molecular complexity index is 925. The molecule has 0 aliphatic heterocycles. The van der Waals surface area contributed by atoms with Crippen LogP contribution < -0.4 is 0 Å². The largest absolute Gasteiger partial charge is 0.315 e. The monoisotopic (exact) mass is 304 g/mol. The van der Waals surface area contributed by atoms with E-state index in [1.54, 1.807) is 6.20 Å². The molecule has 0 unspecified atom stereocenters. The van der Waals surface area contributed by atoms with Gasteiger partial charge in [0.05, 0.1) is 17.4 Å². The first-order valence-corrected chi connectivity index (χ1v) is 7.46. The Hall–Kier alpha value is -2.58. The molecule has 22 heavy (non-hydrogen) atoms. The molecule has 0 saturated carbocycles. The summed E-state index contributed by atoms with van der Waals surface area (Å²) < 4.78 is 2.15.